The molecule has 2 heteroatoms. The second kappa shape index (κ2) is 2.87. The zero-order chi connectivity index (χ0) is 7.61. The standard InChI is InChI=1S/C8H16FN/c1-7-3-4-10-6-8(2,9)5-7/h7,10H,3-6H2,1-2H3/t7-,8?/m0/s1. The Bertz CT molecular complexity index is 112. The van der Waals surface area contributed by atoms with Crippen molar-refractivity contribution in [2.75, 3.05) is 13.1 Å². The van der Waals surface area contributed by atoms with E-state index in [4.69, 9.17) is 0 Å². The first kappa shape index (κ1) is 7.99. The average Bonchev–Trinajstić information content (AvgIpc) is 1.90. The molecule has 1 rings (SSSR count). The van der Waals surface area contributed by atoms with Gasteiger partial charge in [0.05, 0.1) is 0 Å². The summed E-state index contributed by atoms with van der Waals surface area (Å²) in [7, 11) is 0. The Labute approximate surface area is 62.0 Å². The van der Waals surface area contributed by atoms with Crippen LogP contribution in [-0.4, -0.2) is 18.8 Å². The minimum Gasteiger partial charge on any atom is -0.314 e. The van der Waals surface area contributed by atoms with Crippen molar-refractivity contribution in [2.45, 2.75) is 32.4 Å². The second-order valence-corrected chi connectivity index (χ2v) is 3.69. The van der Waals surface area contributed by atoms with E-state index < -0.39 is 5.67 Å². The van der Waals surface area contributed by atoms with Crippen molar-refractivity contribution in [2.24, 2.45) is 5.92 Å². The molecule has 0 amide bonds. The van der Waals surface area contributed by atoms with Gasteiger partial charge in [0.1, 0.15) is 5.67 Å². The molecule has 1 N–H and O–H groups in total. The Kier molecular flexibility index (Phi) is 2.29. The number of alkyl halides is 1. The van der Waals surface area contributed by atoms with E-state index in [1.54, 1.807) is 6.92 Å². The molecule has 2 atom stereocenters. The summed E-state index contributed by atoms with van der Waals surface area (Å²) in [6, 6.07) is 0. The molecule has 1 heterocycles. The van der Waals surface area contributed by atoms with E-state index in [0.29, 0.717) is 18.9 Å². The summed E-state index contributed by atoms with van der Waals surface area (Å²) in [5.74, 6) is 0.532. The van der Waals surface area contributed by atoms with E-state index in [-0.39, 0.29) is 0 Å². The summed E-state index contributed by atoms with van der Waals surface area (Å²) in [5, 5.41) is 3.09. The van der Waals surface area contributed by atoms with Crippen molar-refractivity contribution < 1.29 is 4.39 Å². The van der Waals surface area contributed by atoms with Gasteiger partial charge >= 0.3 is 0 Å². The van der Waals surface area contributed by atoms with Gasteiger partial charge in [-0.2, -0.15) is 0 Å². The largest absolute Gasteiger partial charge is 0.314 e. The number of hydrogen-bond donors (Lipinski definition) is 1. The third-order valence-electron chi connectivity index (χ3n) is 2.08. The minimum atomic E-state index is -0.976. The normalized spacial score (nSPS) is 42.9. The predicted octanol–water partition coefficient (Wildman–Crippen LogP) is 1.73. The first-order valence-corrected chi connectivity index (χ1v) is 4.00. The zero-order valence-corrected chi connectivity index (χ0v) is 6.78. The van der Waals surface area contributed by atoms with Crippen LogP contribution in [0.15, 0.2) is 0 Å². The second-order valence-electron chi connectivity index (χ2n) is 3.69. The zero-order valence-electron chi connectivity index (χ0n) is 6.78. The number of rotatable bonds is 0. The third-order valence-corrected chi connectivity index (χ3v) is 2.08. The van der Waals surface area contributed by atoms with Gasteiger partial charge in [0.15, 0.2) is 0 Å². The SMILES string of the molecule is C[C@H]1CCNCC(C)(F)C1. The summed E-state index contributed by atoms with van der Waals surface area (Å²) >= 11 is 0. The molecule has 1 aliphatic rings. The predicted molar refractivity (Wildman–Crippen MR) is 40.8 cm³/mol. The first-order chi connectivity index (χ1) is 4.60. The molecule has 1 aliphatic heterocycles. The van der Waals surface area contributed by atoms with Crippen LogP contribution in [0.5, 0.6) is 0 Å². The van der Waals surface area contributed by atoms with Gasteiger partial charge in [-0.25, -0.2) is 4.39 Å². The molecule has 10 heavy (non-hydrogen) atoms. The van der Waals surface area contributed by atoms with Crippen molar-refractivity contribution in [1.82, 2.24) is 5.32 Å². The number of hydrogen-bond acceptors (Lipinski definition) is 1. The fourth-order valence-electron chi connectivity index (χ4n) is 1.60. The Morgan fingerprint density at radius 2 is 2.30 bits per heavy atom. The summed E-state index contributed by atoms with van der Waals surface area (Å²) in [6.07, 6.45) is 1.82. The molecule has 0 spiro atoms. The van der Waals surface area contributed by atoms with Crippen LogP contribution in [0.2, 0.25) is 0 Å². The highest BCUT2D eigenvalue weighted by Crippen LogP contribution is 2.24. The Balaban J connectivity index is 2.46. The molecule has 0 aromatic heterocycles. The van der Waals surface area contributed by atoms with Gasteiger partial charge in [-0.05, 0) is 32.2 Å². The summed E-state index contributed by atoms with van der Waals surface area (Å²) in [6.45, 7) is 5.30. The van der Waals surface area contributed by atoms with E-state index in [1.807, 2.05) is 0 Å². The highest BCUT2D eigenvalue weighted by Gasteiger charge is 2.27. The minimum absolute atomic E-state index is 0.525. The topological polar surface area (TPSA) is 12.0 Å². The maximum Gasteiger partial charge on any atom is 0.120 e. The van der Waals surface area contributed by atoms with Crippen LogP contribution in [0.3, 0.4) is 0 Å². The lowest BCUT2D eigenvalue weighted by atomic mass is 9.94. The lowest BCUT2D eigenvalue weighted by molar-refractivity contribution is 0.161. The van der Waals surface area contributed by atoms with Crippen molar-refractivity contribution in [1.29, 1.82) is 0 Å². The van der Waals surface area contributed by atoms with Crippen LogP contribution in [0.1, 0.15) is 26.7 Å². The fraction of sp³-hybridized carbons (Fsp3) is 1.00. The Morgan fingerprint density at radius 1 is 1.60 bits per heavy atom. The quantitative estimate of drug-likeness (QED) is 0.547. The van der Waals surface area contributed by atoms with E-state index in [9.17, 15) is 4.39 Å². The molecule has 1 saturated heterocycles. The maximum absolute atomic E-state index is 13.3. The van der Waals surface area contributed by atoms with Gasteiger partial charge in [-0.3, -0.25) is 0 Å². The van der Waals surface area contributed by atoms with Crippen LogP contribution < -0.4 is 5.32 Å². The van der Waals surface area contributed by atoms with Gasteiger partial charge in [0, 0.05) is 6.54 Å². The summed E-state index contributed by atoms with van der Waals surface area (Å²) in [5.41, 5.74) is -0.976. The molecule has 0 radical (unpaired) electrons. The van der Waals surface area contributed by atoms with Crippen LogP contribution in [0, 0.1) is 5.92 Å². The molecule has 0 bridgehead atoms. The van der Waals surface area contributed by atoms with E-state index in [1.165, 1.54) is 0 Å². The fourth-order valence-corrected chi connectivity index (χ4v) is 1.60. The molecular weight excluding hydrogens is 129 g/mol. The third kappa shape index (κ3) is 2.25. The van der Waals surface area contributed by atoms with Gasteiger partial charge < -0.3 is 5.32 Å². The molecular formula is C8H16FN. The molecule has 0 saturated carbocycles. The van der Waals surface area contributed by atoms with Crippen molar-refractivity contribution in [3.8, 4) is 0 Å². The lowest BCUT2D eigenvalue weighted by Crippen LogP contribution is -2.31. The summed E-state index contributed by atoms with van der Waals surface area (Å²) in [4.78, 5) is 0. The van der Waals surface area contributed by atoms with Gasteiger partial charge in [-0.15, -0.1) is 0 Å². The Morgan fingerprint density at radius 3 is 3.00 bits per heavy atom. The Hall–Kier alpha value is -0.110. The molecule has 60 valence electrons. The van der Waals surface area contributed by atoms with Crippen molar-refractivity contribution in [3.63, 3.8) is 0 Å². The van der Waals surface area contributed by atoms with Crippen LogP contribution in [-0.2, 0) is 0 Å². The van der Waals surface area contributed by atoms with Crippen molar-refractivity contribution >= 4 is 0 Å². The van der Waals surface area contributed by atoms with Crippen LogP contribution in [0.4, 0.5) is 4.39 Å². The van der Waals surface area contributed by atoms with Gasteiger partial charge in [0.2, 0.25) is 0 Å². The molecule has 0 aromatic rings. The van der Waals surface area contributed by atoms with E-state index >= 15 is 0 Å². The van der Waals surface area contributed by atoms with Crippen molar-refractivity contribution in [3.05, 3.63) is 0 Å². The molecule has 0 aromatic carbocycles. The molecule has 1 nitrogen and oxygen atoms in total. The molecule has 1 fully saturated rings. The monoisotopic (exact) mass is 145 g/mol. The first-order valence-electron chi connectivity index (χ1n) is 4.00. The molecule has 1 unspecified atom stereocenters. The highest BCUT2D eigenvalue weighted by atomic mass is 19.1. The number of nitrogens with one attached hydrogen (secondary N) is 1. The maximum atomic E-state index is 13.3. The molecule has 0 aliphatic carbocycles. The highest BCUT2D eigenvalue weighted by molar-refractivity contribution is 4.81. The van der Waals surface area contributed by atoms with E-state index in [2.05, 4.69) is 12.2 Å². The smallest absolute Gasteiger partial charge is 0.120 e. The average molecular weight is 145 g/mol. The number of halogens is 1. The lowest BCUT2D eigenvalue weighted by Gasteiger charge is -2.19. The van der Waals surface area contributed by atoms with Crippen LogP contribution >= 0.6 is 0 Å². The van der Waals surface area contributed by atoms with Crippen LogP contribution in [0.25, 0.3) is 0 Å². The summed E-state index contributed by atoms with van der Waals surface area (Å²) < 4.78 is 13.3. The van der Waals surface area contributed by atoms with Gasteiger partial charge in [-0.1, -0.05) is 6.92 Å². The van der Waals surface area contributed by atoms with E-state index in [0.717, 1.165) is 13.0 Å². The van der Waals surface area contributed by atoms with Gasteiger partial charge in [0.25, 0.3) is 0 Å².